The second-order valence-corrected chi connectivity index (χ2v) is 8.31. The number of hydrazone groups is 1. The van der Waals surface area contributed by atoms with Gasteiger partial charge in [-0.3, -0.25) is 9.67 Å². The topological polar surface area (TPSA) is 87.9 Å². The summed E-state index contributed by atoms with van der Waals surface area (Å²) in [4.78, 5) is 18.6. The third kappa shape index (κ3) is 4.38. The van der Waals surface area contributed by atoms with Gasteiger partial charge in [0.15, 0.2) is 11.6 Å². The van der Waals surface area contributed by atoms with E-state index in [0.29, 0.717) is 29.2 Å². The lowest BCUT2D eigenvalue weighted by Gasteiger charge is -2.41. The molecule has 2 aliphatic rings. The Morgan fingerprint density at radius 2 is 1.86 bits per heavy atom. The molecule has 5 rings (SSSR count). The molecule has 2 amide bonds. The molecule has 35 heavy (non-hydrogen) atoms. The van der Waals surface area contributed by atoms with Crippen molar-refractivity contribution in [3.8, 4) is 17.1 Å². The first-order chi connectivity index (χ1) is 16.8. The fourth-order valence-corrected chi connectivity index (χ4v) is 4.12. The number of ether oxygens (including phenoxy) is 1. The monoisotopic (exact) mass is 485 g/mol. The summed E-state index contributed by atoms with van der Waals surface area (Å²) < 4.78 is 49.1. The summed E-state index contributed by atoms with van der Waals surface area (Å²) in [6, 6.07) is 5.42. The number of nitrogens with zero attached hydrogens (tertiary/aromatic N) is 6. The van der Waals surface area contributed by atoms with Crippen LogP contribution in [0.15, 0.2) is 41.6 Å². The number of urea groups is 1. The molecular formula is C23H22F3N7O2. The number of nitrogens with one attached hydrogen (secondary N) is 1. The van der Waals surface area contributed by atoms with E-state index in [2.05, 4.69) is 20.5 Å². The molecule has 0 bridgehead atoms. The fraction of sp³-hybridized carbons (Fsp3) is 0.304. The molecule has 0 unspecified atom stereocenters. The molecule has 0 saturated carbocycles. The molecule has 2 aromatic heterocycles. The molecule has 1 N–H and O–H groups in total. The van der Waals surface area contributed by atoms with Crippen molar-refractivity contribution in [1.29, 1.82) is 0 Å². The van der Waals surface area contributed by atoms with Gasteiger partial charge in [-0.1, -0.05) is 0 Å². The zero-order valence-electron chi connectivity index (χ0n) is 19.0. The molecule has 4 heterocycles. The van der Waals surface area contributed by atoms with Crippen LogP contribution in [0.5, 0.6) is 5.75 Å². The normalized spacial score (nSPS) is 17.6. The van der Waals surface area contributed by atoms with Crippen LogP contribution in [0.1, 0.15) is 18.0 Å². The van der Waals surface area contributed by atoms with E-state index in [1.807, 2.05) is 0 Å². The van der Waals surface area contributed by atoms with Gasteiger partial charge in [-0.05, 0) is 17.7 Å². The van der Waals surface area contributed by atoms with Gasteiger partial charge in [0.2, 0.25) is 0 Å². The van der Waals surface area contributed by atoms with Crippen molar-refractivity contribution in [2.24, 2.45) is 12.1 Å². The van der Waals surface area contributed by atoms with E-state index >= 15 is 0 Å². The van der Waals surface area contributed by atoms with E-state index in [-0.39, 0.29) is 18.8 Å². The third-order valence-corrected chi connectivity index (χ3v) is 5.93. The van der Waals surface area contributed by atoms with Crippen molar-refractivity contribution in [3.63, 3.8) is 0 Å². The highest BCUT2D eigenvalue weighted by Crippen LogP contribution is 2.32. The van der Waals surface area contributed by atoms with Gasteiger partial charge in [-0.15, -0.1) is 0 Å². The van der Waals surface area contributed by atoms with Crippen LogP contribution in [0.25, 0.3) is 11.4 Å². The van der Waals surface area contributed by atoms with E-state index in [0.717, 1.165) is 12.3 Å². The van der Waals surface area contributed by atoms with Gasteiger partial charge in [0.05, 0.1) is 36.7 Å². The molecule has 1 fully saturated rings. The van der Waals surface area contributed by atoms with Gasteiger partial charge in [0.25, 0.3) is 0 Å². The molecule has 1 atom stereocenters. The minimum atomic E-state index is -0.719. The van der Waals surface area contributed by atoms with Gasteiger partial charge in [0.1, 0.15) is 23.6 Å². The van der Waals surface area contributed by atoms with Crippen LogP contribution in [0.2, 0.25) is 0 Å². The second kappa shape index (κ2) is 8.93. The summed E-state index contributed by atoms with van der Waals surface area (Å²) in [6.45, 7) is 0.420. The Bertz CT molecular complexity index is 1290. The quantitative estimate of drug-likeness (QED) is 0.597. The predicted octanol–water partition coefficient (Wildman–Crippen LogP) is 3.56. The van der Waals surface area contributed by atoms with Gasteiger partial charge < -0.3 is 15.0 Å². The number of aromatic nitrogens is 3. The maximum absolute atomic E-state index is 14.4. The Labute approximate surface area is 198 Å². The van der Waals surface area contributed by atoms with Crippen LogP contribution in [0.4, 0.5) is 23.8 Å². The molecule has 182 valence electrons. The molecular weight excluding hydrogens is 463 g/mol. The van der Waals surface area contributed by atoms with Crippen LogP contribution in [0.3, 0.4) is 0 Å². The lowest BCUT2D eigenvalue weighted by Crippen LogP contribution is -2.58. The standard InChI is InChI=1S/C23H22F3N7O2/c1-27-22-9-20(31(2)30-22)18-8-21(17(26)10-28-18)35-16-11-32(12-16)23(34)33-19(3-4-29-33)13-5-14(24)7-15(25)6-13/h4-10,16,19H,3,11-12H2,1-2H3,(H,27,30)/t19-/m0/s1. The van der Waals surface area contributed by atoms with Crippen LogP contribution >= 0.6 is 0 Å². The number of aryl methyl sites for hydroxylation is 1. The van der Waals surface area contributed by atoms with Crippen LogP contribution in [-0.2, 0) is 7.05 Å². The Balaban J connectivity index is 1.24. The maximum atomic E-state index is 14.4. The summed E-state index contributed by atoms with van der Waals surface area (Å²) in [5.74, 6) is -1.39. The number of amides is 2. The first kappa shape index (κ1) is 22.7. The SMILES string of the molecule is CNc1cc(-c2cc(OC3CN(C(=O)N4N=CC[C@H]4c4cc(F)cc(F)c4)C3)c(F)cn2)n(C)n1. The first-order valence-electron chi connectivity index (χ1n) is 10.9. The fourth-order valence-electron chi connectivity index (χ4n) is 4.12. The molecule has 9 nitrogen and oxygen atoms in total. The molecule has 3 aromatic rings. The number of likely N-dealkylation sites (tertiary alicyclic amines) is 1. The number of carbonyl (C=O) groups is 1. The minimum Gasteiger partial charge on any atom is -0.483 e. The van der Waals surface area contributed by atoms with E-state index in [9.17, 15) is 18.0 Å². The van der Waals surface area contributed by atoms with Crippen molar-refractivity contribution in [2.75, 3.05) is 25.5 Å². The van der Waals surface area contributed by atoms with Gasteiger partial charge in [-0.25, -0.2) is 23.0 Å². The number of hydrogen-bond donors (Lipinski definition) is 1. The molecule has 0 spiro atoms. The lowest BCUT2D eigenvalue weighted by atomic mass is 10.0. The predicted molar refractivity (Wildman–Crippen MR) is 121 cm³/mol. The van der Waals surface area contributed by atoms with Crippen LogP contribution < -0.4 is 10.1 Å². The van der Waals surface area contributed by atoms with E-state index < -0.39 is 35.6 Å². The Morgan fingerprint density at radius 3 is 2.54 bits per heavy atom. The number of anilines is 1. The van der Waals surface area contributed by atoms with Gasteiger partial charge in [0, 0.05) is 44.9 Å². The highest BCUT2D eigenvalue weighted by molar-refractivity contribution is 5.79. The van der Waals surface area contributed by atoms with Crippen molar-refractivity contribution in [1.82, 2.24) is 24.7 Å². The van der Waals surface area contributed by atoms with E-state index in [4.69, 9.17) is 4.74 Å². The Kier molecular flexibility index (Phi) is 5.79. The molecule has 0 radical (unpaired) electrons. The average molecular weight is 485 g/mol. The second-order valence-electron chi connectivity index (χ2n) is 8.31. The number of hydrogen-bond acceptors (Lipinski definition) is 6. The highest BCUT2D eigenvalue weighted by atomic mass is 19.1. The number of halogens is 3. The minimum absolute atomic E-state index is 0.0200. The van der Waals surface area contributed by atoms with Gasteiger partial charge >= 0.3 is 6.03 Å². The molecule has 1 aromatic carbocycles. The summed E-state index contributed by atoms with van der Waals surface area (Å²) in [7, 11) is 3.50. The summed E-state index contributed by atoms with van der Waals surface area (Å²) >= 11 is 0. The van der Waals surface area contributed by atoms with Gasteiger partial charge in [-0.2, -0.15) is 10.2 Å². The number of carbonyl (C=O) groups excluding carboxylic acids is 1. The average Bonchev–Trinajstić information content (AvgIpc) is 3.43. The van der Waals surface area contributed by atoms with Crippen LogP contribution in [-0.4, -0.2) is 63.2 Å². The highest BCUT2D eigenvalue weighted by Gasteiger charge is 2.39. The van der Waals surface area contributed by atoms with Crippen molar-refractivity contribution in [3.05, 3.63) is 59.5 Å². The molecule has 0 aliphatic carbocycles. The Morgan fingerprint density at radius 1 is 1.11 bits per heavy atom. The smallest absolute Gasteiger partial charge is 0.341 e. The number of rotatable bonds is 5. The van der Waals surface area contributed by atoms with Crippen molar-refractivity contribution < 1.29 is 22.7 Å². The first-order valence-corrected chi connectivity index (χ1v) is 10.9. The van der Waals surface area contributed by atoms with Crippen LogP contribution in [0, 0.1) is 17.5 Å². The third-order valence-electron chi connectivity index (χ3n) is 5.93. The number of benzene rings is 1. The van der Waals surface area contributed by atoms with Crippen molar-refractivity contribution >= 4 is 18.1 Å². The van der Waals surface area contributed by atoms with Crippen molar-refractivity contribution in [2.45, 2.75) is 18.6 Å². The van der Waals surface area contributed by atoms with E-state index in [1.54, 1.807) is 24.8 Å². The molecule has 2 aliphatic heterocycles. The Hall–Kier alpha value is -4.09. The summed E-state index contributed by atoms with van der Waals surface area (Å²) in [6.07, 6.45) is 2.53. The summed E-state index contributed by atoms with van der Waals surface area (Å²) in [5, 5.41) is 12.5. The molecule has 12 heteroatoms. The maximum Gasteiger partial charge on any atom is 0.341 e. The number of pyridine rings is 1. The molecule has 1 saturated heterocycles. The zero-order chi connectivity index (χ0) is 24.7. The van der Waals surface area contributed by atoms with E-state index in [1.165, 1.54) is 34.3 Å². The lowest BCUT2D eigenvalue weighted by molar-refractivity contribution is 0.0256. The largest absolute Gasteiger partial charge is 0.483 e. The zero-order valence-corrected chi connectivity index (χ0v) is 19.0. The summed E-state index contributed by atoms with van der Waals surface area (Å²) in [5.41, 5.74) is 1.49.